The SMILES string of the molecule is NC(=O)c1cc(N)cc(C(F)F)n1. The Hall–Kier alpha value is -1.72. The number of nitrogens with zero attached hydrogens (tertiary/aromatic N) is 1. The Bertz CT molecular complexity index is 341. The molecule has 1 rings (SSSR count). The van der Waals surface area contributed by atoms with Gasteiger partial charge in [0, 0.05) is 5.69 Å². The number of amides is 1. The fraction of sp³-hybridized carbons (Fsp3) is 0.143. The fourth-order valence-corrected chi connectivity index (χ4v) is 0.812. The van der Waals surface area contributed by atoms with E-state index in [1.807, 2.05) is 0 Å². The van der Waals surface area contributed by atoms with Crippen LogP contribution in [0.5, 0.6) is 0 Å². The summed E-state index contributed by atoms with van der Waals surface area (Å²) in [6, 6.07) is 2.14. The molecule has 70 valence electrons. The molecule has 0 bridgehead atoms. The minimum absolute atomic E-state index is 0.0408. The largest absolute Gasteiger partial charge is 0.399 e. The number of carbonyl (C=O) groups is 1. The number of hydrogen-bond donors (Lipinski definition) is 2. The number of nitrogens with two attached hydrogens (primary N) is 2. The van der Waals surface area contributed by atoms with Crippen LogP contribution in [0.4, 0.5) is 14.5 Å². The normalized spacial score (nSPS) is 10.4. The van der Waals surface area contributed by atoms with Gasteiger partial charge < -0.3 is 11.5 Å². The third-order valence-electron chi connectivity index (χ3n) is 1.34. The molecule has 1 amide bonds. The van der Waals surface area contributed by atoms with Crippen LogP contribution in [-0.2, 0) is 0 Å². The molecule has 0 unspecified atom stereocenters. The van der Waals surface area contributed by atoms with Crippen molar-refractivity contribution in [1.82, 2.24) is 4.98 Å². The maximum Gasteiger partial charge on any atom is 0.280 e. The van der Waals surface area contributed by atoms with Crippen molar-refractivity contribution in [2.75, 3.05) is 5.73 Å². The van der Waals surface area contributed by atoms with Gasteiger partial charge in [-0.3, -0.25) is 4.79 Å². The first-order valence-corrected chi connectivity index (χ1v) is 3.36. The molecule has 0 atom stereocenters. The average Bonchev–Trinajstić information content (AvgIpc) is 2.03. The molecule has 4 nitrogen and oxygen atoms in total. The van der Waals surface area contributed by atoms with Gasteiger partial charge in [-0.2, -0.15) is 0 Å². The number of rotatable bonds is 2. The number of aromatic nitrogens is 1. The highest BCUT2D eigenvalue weighted by atomic mass is 19.3. The molecular formula is C7H7F2N3O. The highest BCUT2D eigenvalue weighted by molar-refractivity contribution is 5.91. The molecule has 1 aromatic heterocycles. The second-order valence-electron chi connectivity index (χ2n) is 2.38. The molecule has 6 heteroatoms. The zero-order chi connectivity index (χ0) is 10.0. The predicted octanol–water partition coefficient (Wildman–Crippen LogP) is 0.700. The summed E-state index contributed by atoms with van der Waals surface area (Å²) in [5, 5.41) is 0. The lowest BCUT2D eigenvalue weighted by Gasteiger charge is -2.02. The lowest BCUT2D eigenvalue weighted by Crippen LogP contribution is -2.14. The monoisotopic (exact) mass is 187 g/mol. The number of carbonyl (C=O) groups excluding carboxylic acids is 1. The van der Waals surface area contributed by atoms with Crippen LogP contribution in [0.15, 0.2) is 12.1 Å². The van der Waals surface area contributed by atoms with Gasteiger partial charge in [0.25, 0.3) is 12.3 Å². The van der Waals surface area contributed by atoms with Crippen LogP contribution in [0.2, 0.25) is 0 Å². The van der Waals surface area contributed by atoms with E-state index in [0.717, 1.165) is 12.1 Å². The molecule has 0 aliphatic rings. The van der Waals surface area contributed by atoms with Crippen molar-refractivity contribution >= 4 is 11.6 Å². The molecular weight excluding hydrogens is 180 g/mol. The quantitative estimate of drug-likeness (QED) is 0.714. The van der Waals surface area contributed by atoms with Crippen LogP contribution >= 0.6 is 0 Å². The molecule has 1 aromatic rings. The van der Waals surface area contributed by atoms with Crippen LogP contribution in [0.1, 0.15) is 22.6 Å². The minimum atomic E-state index is -2.76. The second kappa shape index (κ2) is 3.34. The number of nitrogen functional groups attached to an aromatic ring is 1. The summed E-state index contributed by atoms with van der Waals surface area (Å²) < 4.78 is 24.2. The highest BCUT2D eigenvalue weighted by Crippen LogP contribution is 2.19. The number of alkyl halides is 2. The maximum absolute atomic E-state index is 12.1. The van der Waals surface area contributed by atoms with E-state index >= 15 is 0 Å². The van der Waals surface area contributed by atoms with Crippen LogP contribution in [0.25, 0.3) is 0 Å². The number of pyridine rings is 1. The van der Waals surface area contributed by atoms with E-state index in [1.165, 1.54) is 0 Å². The van der Waals surface area contributed by atoms with Crippen LogP contribution in [-0.4, -0.2) is 10.9 Å². The summed E-state index contributed by atoms with van der Waals surface area (Å²) in [6.45, 7) is 0. The molecule has 0 saturated heterocycles. The van der Waals surface area contributed by atoms with E-state index < -0.39 is 18.0 Å². The molecule has 0 aromatic carbocycles. The van der Waals surface area contributed by atoms with Crippen molar-refractivity contribution in [3.05, 3.63) is 23.5 Å². The lowest BCUT2D eigenvalue weighted by atomic mass is 10.2. The van der Waals surface area contributed by atoms with Crippen molar-refractivity contribution < 1.29 is 13.6 Å². The van der Waals surface area contributed by atoms with Crippen LogP contribution < -0.4 is 11.5 Å². The van der Waals surface area contributed by atoms with Crippen LogP contribution in [0, 0.1) is 0 Å². The van der Waals surface area contributed by atoms with Crippen LogP contribution in [0.3, 0.4) is 0 Å². The zero-order valence-corrected chi connectivity index (χ0v) is 6.50. The van der Waals surface area contributed by atoms with E-state index in [-0.39, 0.29) is 11.4 Å². The van der Waals surface area contributed by atoms with Crippen molar-refractivity contribution in [3.8, 4) is 0 Å². The van der Waals surface area contributed by atoms with E-state index in [2.05, 4.69) is 4.98 Å². The minimum Gasteiger partial charge on any atom is -0.399 e. The molecule has 0 aliphatic carbocycles. The maximum atomic E-state index is 12.1. The smallest absolute Gasteiger partial charge is 0.280 e. The van der Waals surface area contributed by atoms with Gasteiger partial charge in [0.15, 0.2) is 0 Å². The Morgan fingerprint density at radius 3 is 2.54 bits per heavy atom. The third kappa shape index (κ3) is 2.11. The standard InChI is InChI=1S/C7H7F2N3O/c8-6(9)4-1-3(10)2-5(12-4)7(11)13/h1-2,6H,(H2,10,12)(H2,11,13). The van der Waals surface area contributed by atoms with Gasteiger partial charge in [0.2, 0.25) is 0 Å². The van der Waals surface area contributed by atoms with Crippen molar-refractivity contribution in [3.63, 3.8) is 0 Å². The molecule has 0 radical (unpaired) electrons. The molecule has 0 aliphatic heterocycles. The number of hydrogen-bond acceptors (Lipinski definition) is 3. The van der Waals surface area contributed by atoms with E-state index in [1.54, 1.807) is 0 Å². The summed E-state index contributed by atoms with van der Waals surface area (Å²) >= 11 is 0. The highest BCUT2D eigenvalue weighted by Gasteiger charge is 2.12. The molecule has 4 N–H and O–H groups in total. The lowest BCUT2D eigenvalue weighted by molar-refractivity contribution is 0.0993. The Balaban J connectivity index is 3.19. The first-order valence-electron chi connectivity index (χ1n) is 3.36. The van der Waals surface area contributed by atoms with E-state index in [9.17, 15) is 13.6 Å². The summed E-state index contributed by atoms with van der Waals surface area (Å²) in [7, 11) is 0. The summed E-state index contributed by atoms with van der Waals surface area (Å²) in [4.78, 5) is 13.9. The zero-order valence-electron chi connectivity index (χ0n) is 6.50. The number of anilines is 1. The molecule has 0 spiro atoms. The Morgan fingerprint density at radius 1 is 1.46 bits per heavy atom. The first-order chi connectivity index (χ1) is 6.00. The fourth-order valence-electron chi connectivity index (χ4n) is 0.812. The van der Waals surface area contributed by atoms with Crippen molar-refractivity contribution in [2.45, 2.75) is 6.43 Å². The number of primary amides is 1. The van der Waals surface area contributed by atoms with Gasteiger partial charge in [-0.1, -0.05) is 0 Å². The first kappa shape index (κ1) is 9.37. The van der Waals surface area contributed by atoms with Gasteiger partial charge in [-0.25, -0.2) is 13.8 Å². The van der Waals surface area contributed by atoms with Crippen molar-refractivity contribution in [1.29, 1.82) is 0 Å². The van der Waals surface area contributed by atoms with E-state index in [4.69, 9.17) is 11.5 Å². The predicted molar refractivity (Wildman–Crippen MR) is 42.1 cm³/mol. The van der Waals surface area contributed by atoms with Gasteiger partial charge in [-0.15, -0.1) is 0 Å². The summed E-state index contributed by atoms with van der Waals surface area (Å²) in [6.07, 6.45) is -2.76. The second-order valence-corrected chi connectivity index (χ2v) is 2.38. The van der Waals surface area contributed by atoms with Crippen molar-refractivity contribution in [2.24, 2.45) is 5.73 Å². The van der Waals surface area contributed by atoms with E-state index in [0.29, 0.717) is 0 Å². The Morgan fingerprint density at radius 2 is 2.08 bits per heavy atom. The summed E-state index contributed by atoms with van der Waals surface area (Å²) in [5.41, 5.74) is 9.34. The molecule has 13 heavy (non-hydrogen) atoms. The van der Waals surface area contributed by atoms with Gasteiger partial charge in [-0.05, 0) is 12.1 Å². The Labute approximate surface area is 72.6 Å². The van der Waals surface area contributed by atoms with Gasteiger partial charge in [0.1, 0.15) is 11.4 Å². The molecule has 0 fully saturated rings. The number of halogens is 2. The molecule has 0 saturated carbocycles. The molecule has 1 heterocycles. The van der Waals surface area contributed by atoms with Gasteiger partial charge in [0.05, 0.1) is 0 Å². The third-order valence-corrected chi connectivity index (χ3v) is 1.34. The summed E-state index contributed by atoms with van der Waals surface area (Å²) in [5.74, 6) is -0.880. The topological polar surface area (TPSA) is 82.0 Å². The van der Waals surface area contributed by atoms with Gasteiger partial charge >= 0.3 is 0 Å². The average molecular weight is 187 g/mol. The Kier molecular flexibility index (Phi) is 2.41.